The van der Waals surface area contributed by atoms with Gasteiger partial charge in [-0.15, -0.1) is 0 Å². The van der Waals surface area contributed by atoms with Crippen LogP contribution in [-0.4, -0.2) is 0 Å². The molecule has 0 aliphatic rings. The fraction of sp³-hybridized carbons (Fsp3) is 0.208. The minimum atomic E-state index is 0.389. The van der Waals surface area contributed by atoms with Gasteiger partial charge in [-0.2, -0.15) is 0 Å². The molecule has 0 aromatic heterocycles. The number of fused-ring (bicyclic) bond motifs is 3. The van der Waals surface area contributed by atoms with Gasteiger partial charge in [0.1, 0.15) is 0 Å². The Kier molecular flexibility index (Phi) is 9.03. The van der Waals surface area contributed by atoms with Crippen molar-refractivity contribution in [1.29, 1.82) is 0 Å². The Morgan fingerprint density at radius 1 is 0.321 bits per heavy atom. The summed E-state index contributed by atoms with van der Waals surface area (Å²) in [6, 6.07) is 53.2. The summed E-state index contributed by atoms with van der Waals surface area (Å²) in [6.07, 6.45) is 0. The SMILES string of the molecule is Cc1ccc(-c2c3cc(C(C)C)ccc3c(-c3ccccc3)c3c(-c4ccc(C)cc4)c4cc(C(C)C)c(C(C)C)cc4c(-c4ccccc4)c23)cc1. The Balaban J connectivity index is 1.79. The third-order valence-corrected chi connectivity index (χ3v) is 11.3. The first-order chi connectivity index (χ1) is 25.6. The minimum Gasteiger partial charge on any atom is -0.0622 e. The third-order valence-electron chi connectivity index (χ3n) is 11.3. The molecule has 0 heteroatoms. The van der Waals surface area contributed by atoms with E-state index in [1.807, 2.05) is 0 Å². The van der Waals surface area contributed by atoms with E-state index in [-0.39, 0.29) is 0 Å². The Labute approximate surface area is 316 Å². The Morgan fingerprint density at radius 2 is 0.679 bits per heavy atom. The third kappa shape index (κ3) is 6.05. The first-order valence-electron chi connectivity index (χ1n) is 19.4. The molecular formula is C53H50. The first-order valence-corrected chi connectivity index (χ1v) is 19.4. The monoisotopic (exact) mass is 686 g/mol. The van der Waals surface area contributed by atoms with E-state index in [9.17, 15) is 0 Å². The zero-order chi connectivity index (χ0) is 37.0. The maximum atomic E-state index is 2.56. The van der Waals surface area contributed by atoms with Crippen molar-refractivity contribution in [2.24, 2.45) is 0 Å². The molecule has 0 nitrogen and oxygen atoms in total. The lowest BCUT2D eigenvalue weighted by atomic mass is 9.75. The van der Waals surface area contributed by atoms with Crippen LogP contribution in [-0.2, 0) is 0 Å². The van der Waals surface area contributed by atoms with Crippen LogP contribution in [0, 0.1) is 13.8 Å². The smallest absolute Gasteiger partial charge is 0.000139 e. The number of rotatable bonds is 7. The fourth-order valence-corrected chi connectivity index (χ4v) is 8.53. The first kappa shape index (κ1) is 34.6. The zero-order valence-corrected chi connectivity index (χ0v) is 32.5. The molecule has 0 N–H and O–H groups in total. The Morgan fingerprint density at radius 3 is 1.06 bits per heavy atom. The largest absolute Gasteiger partial charge is 0.0622 e. The molecule has 0 unspecified atom stereocenters. The van der Waals surface area contributed by atoms with Crippen molar-refractivity contribution in [3.63, 3.8) is 0 Å². The highest BCUT2D eigenvalue weighted by atomic mass is 14.3. The molecule has 8 aromatic rings. The van der Waals surface area contributed by atoms with Gasteiger partial charge in [0.15, 0.2) is 0 Å². The van der Waals surface area contributed by atoms with E-state index in [1.165, 1.54) is 105 Å². The molecule has 0 bridgehead atoms. The summed E-state index contributed by atoms with van der Waals surface area (Å²) in [5.41, 5.74) is 17.0. The van der Waals surface area contributed by atoms with Crippen LogP contribution in [0.1, 0.15) is 87.1 Å². The van der Waals surface area contributed by atoms with E-state index < -0.39 is 0 Å². The number of benzene rings is 8. The molecule has 0 aliphatic heterocycles. The molecule has 8 aromatic carbocycles. The second-order valence-corrected chi connectivity index (χ2v) is 16.0. The van der Waals surface area contributed by atoms with Crippen LogP contribution >= 0.6 is 0 Å². The topological polar surface area (TPSA) is 0 Å². The van der Waals surface area contributed by atoms with E-state index >= 15 is 0 Å². The molecule has 0 radical (unpaired) electrons. The molecule has 262 valence electrons. The van der Waals surface area contributed by atoms with Gasteiger partial charge in [0.2, 0.25) is 0 Å². The molecular weight excluding hydrogens is 637 g/mol. The van der Waals surface area contributed by atoms with E-state index in [1.54, 1.807) is 0 Å². The summed E-state index contributed by atoms with van der Waals surface area (Å²) >= 11 is 0. The van der Waals surface area contributed by atoms with Crippen molar-refractivity contribution >= 4 is 32.3 Å². The summed E-state index contributed by atoms with van der Waals surface area (Å²) < 4.78 is 0. The highest BCUT2D eigenvalue weighted by molar-refractivity contribution is 6.34. The van der Waals surface area contributed by atoms with Crippen LogP contribution in [0.2, 0.25) is 0 Å². The van der Waals surface area contributed by atoms with Crippen LogP contribution in [0.25, 0.3) is 76.8 Å². The molecule has 0 amide bonds. The molecule has 0 fully saturated rings. The summed E-state index contributed by atoms with van der Waals surface area (Å²) in [4.78, 5) is 0. The lowest BCUT2D eigenvalue weighted by Gasteiger charge is -2.27. The van der Waals surface area contributed by atoms with Crippen molar-refractivity contribution < 1.29 is 0 Å². The highest BCUT2D eigenvalue weighted by Crippen LogP contribution is 2.54. The van der Waals surface area contributed by atoms with Crippen molar-refractivity contribution in [2.75, 3.05) is 0 Å². The van der Waals surface area contributed by atoms with Crippen molar-refractivity contribution in [3.05, 3.63) is 167 Å². The van der Waals surface area contributed by atoms with Crippen LogP contribution < -0.4 is 0 Å². The van der Waals surface area contributed by atoms with Gasteiger partial charge in [0, 0.05) is 0 Å². The quantitative estimate of drug-likeness (QED) is 0.146. The predicted molar refractivity (Wildman–Crippen MR) is 232 cm³/mol. The van der Waals surface area contributed by atoms with Crippen LogP contribution in [0.15, 0.2) is 140 Å². The van der Waals surface area contributed by atoms with Gasteiger partial charge in [0.05, 0.1) is 0 Å². The lowest BCUT2D eigenvalue weighted by Crippen LogP contribution is -2.03. The predicted octanol–water partition coefficient (Wildman–Crippen LogP) is 15.8. The van der Waals surface area contributed by atoms with Crippen molar-refractivity contribution in [1.82, 2.24) is 0 Å². The Hall–Kier alpha value is -5.46. The molecule has 0 heterocycles. The maximum absolute atomic E-state index is 2.56. The summed E-state index contributed by atoms with van der Waals surface area (Å²) in [5.74, 6) is 1.18. The number of aryl methyl sites for hydroxylation is 2. The molecule has 0 aliphatic carbocycles. The molecule has 8 rings (SSSR count). The van der Waals surface area contributed by atoms with Crippen molar-refractivity contribution in [3.8, 4) is 44.5 Å². The second kappa shape index (κ2) is 13.8. The molecule has 0 saturated heterocycles. The molecule has 0 saturated carbocycles. The van der Waals surface area contributed by atoms with E-state index in [0.717, 1.165) is 0 Å². The van der Waals surface area contributed by atoms with E-state index in [0.29, 0.717) is 17.8 Å². The van der Waals surface area contributed by atoms with Gasteiger partial charge in [-0.25, -0.2) is 0 Å². The second-order valence-electron chi connectivity index (χ2n) is 16.0. The summed E-state index contributed by atoms with van der Waals surface area (Å²) in [6.45, 7) is 18.4. The van der Waals surface area contributed by atoms with Crippen LogP contribution in [0.5, 0.6) is 0 Å². The van der Waals surface area contributed by atoms with Crippen LogP contribution in [0.3, 0.4) is 0 Å². The van der Waals surface area contributed by atoms with E-state index in [4.69, 9.17) is 0 Å². The zero-order valence-electron chi connectivity index (χ0n) is 32.5. The fourth-order valence-electron chi connectivity index (χ4n) is 8.53. The van der Waals surface area contributed by atoms with Gasteiger partial charge in [-0.1, -0.05) is 180 Å². The standard InChI is InChI=1S/C53H50/c1-32(2)41-27-28-42-45(29-41)50(39-23-19-35(7)20-24-39)53-49(38-17-13-10-14-18-38)46-30-43(33(3)4)44(34(5)6)31-47(46)51(40-25-21-36(8)22-26-40)52(53)48(42)37-15-11-9-12-16-37/h9-34H,1-8H3. The van der Waals surface area contributed by atoms with Gasteiger partial charge >= 0.3 is 0 Å². The minimum absolute atomic E-state index is 0.389. The average Bonchev–Trinajstić information content (AvgIpc) is 3.16. The number of hydrogen-bond acceptors (Lipinski definition) is 0. The lowest BCUT2D eigenvalue weighted by molar-refractivity contribution is 0.793. The van der Waals surface area contributed by atoms with Crippen molar-refractivity contribution in [2.45, 2.75) is 73.1 Å². The van der Waals surface area contributed by atoms with Gasteiger partial charge in [-0.05, 0) is 137 Å². The van der Waals surface area contributed by atoms with Crippen LogP contribution in [0.4, 0.5) is 0 Å². The maximum Gasteiger partial charge on any atom is -0.000139 e. The van der Waals surface area contributed by atoms with E-state index in [2.05, 4.69) is 195 Å². The average molecular weight is 687 g/mol. The molecule has 0 spiro atoms. The Bertz CT molecular complexity index is 2600. The van der Waals surface area contributed by atoms with Gasteiger partial charge < -0.3 is 0 Å². The summed E-state index contributed by atoms with van der Waals surface area (Å²) in [5, 5.41) is 7.87. The normalized spacial score (nSPS) is 11.9. The molecule has 0 atom stereocenters. The molecule has 53 heavy (non-hydrogen) atoms. The summed E-state index contributed by atoms with van der Waals surface area (Å²) in [7, 11) is 0. The van der Waals surface area contributed by atoms with Gasteiger partial charge in [0.25, 0.3) is 0 Å². The number of hydrogen-bond donors (Lipinski definition) is 0. The highest BCUT2D eigenvalue weighted by Gasteiger charge is 2.27. The van der Waals surface area contributed by atoms with Gasteiger partial charge in [-0.3, -0.25) is 0 Å².